The number of nitrogens with zero attached hydrogens (tertiary/aromatic N) is 2. The molecule has 0 bridgehead atoms. The summed E-state index contributed by atoms with van der Waals surface area (Å²) in [6, 6.07) is -1.51. The van der Waals surface area contributed by atoms with E-state index in [1.807, 2.05) is 0 Å². The van der Waals surface area contributed by atoms with Crippen LogP contribution in [0.1, 0.15) is 6.92 Å². The van der Waals surface area contributed by atoms with E-state index in [0.717, 1.165) is 10.5 Å². The molecule has 1 fully saturated rings. The SMILES string of the molecule is C=C(C)CN(C)C(=O)N1CC(=O)NCC1C(=O)O. The number of carbonyl (C=O) groups excluding carboxylic acids is 2. The van der Waals surface area contributed by atoms with Crippen LogP contribution in [0.3, 0.4) is 0 Å². The summed E-state index contributed by atoms with van der Waals surface area (Å²) in [6.45, 7) is 5.46. The Bertz CT molecular complexity index is 394. The number of aliphatic carboxylic acids is 1. The lowest BCUT2D eigenvalue weighted by molar-refractivity contribution is -0.144. The van der Waals surface area contributed by atoms with E-state index in [2.05, 4.69) is 11.9 Å². The van der Waals surface area contributed by atoms with Crippen LogP contribution in [0.5, 0.6) is 0 Å². The summed E-state index contributed by atoms with van der Waals surface area (Å²) in [5, 5.41) is 11.5. The zero-order valence-corrected chi connectivity index (χ0v) is 10.5. The normalized spacial score (nSPS) is 19.1. The zero-order chi connectivity index (χ0) is 13.9. The topological polar surface area (TPSA) is 90.0 Å². The molecule has 2 N–H and O–H groups in total. The first kappa shape index (κ1) is 14.0. The number of urea groups is 1. The van der Waals surface area contributed by atoms with E-state index in [9.17, 15) is 14.4 Å². The van der Waals surface area contributed by atoms with Crippen LogP contribution in [0.4, 0.5) is 4.79 Å². The molecule has 3 amide bonds. The number of likely N-dealkylation sites (N-methyl/N-ethyl adjacent to an activating group) is 1. The fraction of sp³-hybridized carbons (Fsp3) is 0.545. The Balaban J connectivity index is 2.81. The molecule has 0 aromatic carbocycles. The van der Waals surface area contributed by atoms with Crippen molar-refractivity contribution in [2.75, 3.05) is 26.7 Å². The Hall–Kier alpha value is -2.05. The molecule has 0 aliphatic carbocycles. The van der Waals surface area contributed by atoms with Crippen LogP contribution in [-0.4, -0.2) is 65.5 Å². The Morgan fingerprint density at radius 3 is 2.72 bits per heavy atom. The number of carboxylic acid groups (broad SMARTS) is 1. The lowest BCUT2D eigenvalue weighted by Gasteiger charge is -2.35. The summed E-state index contributed by atoms with van der Waals surface area (Å²) >= 11 is 0. The maximum Gasteiger partial charge on any atom is 0.328 e. The summed E-state index contributed by atoms with van der Waals surface area (Å²) in [4.78, 5) is 36.8. The van der Waals surface area contributed by atoms with Gasteiger partial charge in [0, 0.05) is 20.1 Å². The Labute approximate surface area is 105 Å². The van der Waals surface area contributed by atoms with Crippen LogP contribution in [0.2, 0.25) is 0 Å². The highest BCUT2D eigenvalue weighted by molar-refractivity contribution is 5.90. The molecule has 1 aliphatic rings. The molecule has 1 heterocycles. The van der Waals surface area contributed by atoms with Crippen molar-refractivity contribution in [3.05, 3.63) is 12.2 Å². The Morgan fingerprint density at radius 1 is 1.61 bits per heavy atom. The third-order valence-electron chi connectivity index (χ3n) is 2.55. The molecular weight excluding hydrogens is 238 g/mol. The number of rotatable bonds is 3. The van der Waals surface area contributed by atoms with Crippen molar-refractivity contribution < 1.29 is 19.5 Å². The van der Waals surface area contributed by atoms with Crippen LogP contribution >= 0.6 is 0 Å². The molecule has 1 atom stereocenters. The van der Waals surface area contributed by atoms with Crippen molar-refractivity contribution in [1.82, 2.24) is 15.1 Å². The first-order valence-corrected chi connectivity index (χ1v) is 5.48. The Kier molecular flexibility index (Phi) is 4.30. The van der Waals surface area contributed by atoms with E-state index in [4.69, 9.17) is 5.11 Å². The molecule has 18 heavy (non-hydrogen) atoms. The maximum absolute atomic E-state index is 12.1. The summed E-state index contributed by atoms with van der Waals surface area (Å²) in [6.07, 6.45) is 0. The third kappa shape index (κ3) is 3.22. The molecular formula is C11H17N3O4. The molecule has 100 valence electrons. The highest BCUT2D eigenvalue weighted by Gasteiger charge is 2.36. The van der Waals surface area contributed by atoms with Gasteiger partial charge in [-0.25, -0.2) is 9.59 Å². The molecule has 1 unspecified atom stereocenters. The fourth-order valence-corrected chi connectivity index (χ4v) is 1.75. The lowest BCUT2D eigenvalue weighted by atomic mass is 10.2. The third-order valence-corrected chi connectivity index (χ3v) is 2.55. The van der Waals surface area contributed by atoms with Crippen molar-refractivity contribution in [2.24, 2.45) is 0 Å². The van der Waals surface area contributed by atoms with Gasteiger partial charge in [-0.3, -0.25) is 9.69 Å². The molecule has 0 aromatic rings. The van der Waals surface area contributed by atoms with Gasteiger partial charge < -0.3 is 15.3 Å². The van der Waals surface area contributed by atoms with Crippen molar-refractivity contribution in [1.29, 1.82) is 0 Å². The van der Waals surface area contributed by atoms with Gasteiger partial charge in [-0.1, -0.05) is 12.2 Å². The van der Waals surface area contributed by atoms with E-state index < -0.39 is 18.0 Å². The molecule has 0 aromatic heterocycles. The fourth-order valence-electron chi connectivity index (χ4n) is 1.75. The minimum absolute atomic E-state index is 0.0686. The van der Waals surface area contributed by atoms with Gasteiger partial charge in [0.05, 0.1) is 0 Å². The highest BCUT2D eigenvalue weighted by Crippen LogP contribution is 2.09. The summed E-state index contributed by atoms with van der Waals surface area (Å²) in [7, 11) is 1.54. The molecule has 7 heteroatoms. The second kappa shape index (κ2) is 5.52. The van der Waals surface area contributed by atoms with Crippen molar-refractivity contribution in [3.63, 3.8) is 0 Å². The second-order valence-electron chi connectivity index (χ2n) is 4.38. The number of carbonyl (C=O) groups is 3. The minimum Gasteiger partial charge on any atom is -0.480 e. The van der Waals surface area contributed by atoms with Crippen LogP contribution in [0, 0.1) is 0 Å². The monoisotopic (exact) mass is 255 g/mol. The number of piperazine rings is 1. The predicted molar refractivity (Wildman–Crippen MR) is 64.0 cm³/mol. The van der Waals surface area contributed by atoms with Gasteiger partial charge in [-0.15, -0.1) is 0 Å². The summed E-state index contributed by atoms with van der Waals surface area (Å²) in [5.41, 5.74) is 0.777. The molecule has 1 aliphatic heterocycles. The van der Waals surface area contributed by atoms with Gasteiger partial charge >= 0.3 is 12.0 Å². The van der Waals surface area contributed by atoms with Gasteiger partial charge in [0.25, 0.3) is 0 Å². The standard InChI is InChI=1S/C11H17N3O4/c1-7(2)5-13(3)11(18)14-6-9(15)12-4-8(14)10(16)17/h8H,1,4-6H2,2-3H3,(H,12,15)(H,16,17). The number of carboxylic acids is 1. The van der Waals surface area contributed by atoms with Crippen molar-refractivity contribution in [2.45, 2.75) is 13.0 Å². The number of hydrogen-bond donors (Lipinski definition) is 2. The first-order chi connectivity index (χ1) is 8.32. The number of hydrogen-bond acceptors (Lipinski definition) is 3. The van der Waals surface area contributed by atoms with Gasteiger partial charge in [0.1, 0.15) is 12.6 Å². The number of nitrogens with one attached hydrogen (secondary N) is 1. The average Bonchev–Trinajstić information content (AvgIpc) is 2.26. The van der Waals surface area contributed by atoms with E-state index in [1.165, 1.54) is 4.90 Å². The largest absolute Gasteiger partial charge is 0.480 e. The minimum atomic E-state index is -1.13. The number of amides is 3. The highest BCUT2D eigenvalue weighted by atomic mass is 16.4. The van der Waals surface area contributed by atoms with Crippen molar-refractivity contribution in [3.8, 4) is 0 Å². The summed E-state index contributed by atoms with van der Waals surface area (Å²) < 4.78 is 0. The van der Waals surface area contributed by atoms with Gasteiger partial charge in [-0.2, -0.15) is 0 Å². The van der Waals surface area contributed by atoms with E-state index in [-0.39, 0.29) is 19.0 Å². The molecule has 7 nitrogen and oxygen atoms in total. The predicted octanol–water partition coefficient (Wildman–Crippen LogP) is -0.501. The second-order valence-corrected chi connectivity index (χ2v) is 4.38. The van der Waals surface area contributed by atoms with Gasteiger partial charge in [0.15, 0.2) is 0 Å². The molecule has 0 spiro atoms. The first-order valence-electron chi connectivity index (χ1n) is 5.48. The van der Waals surface area contributed by atoms with E-state index in [0.29, 0.717) is 6.54 Å². The van der Waals surface area contributed by atoms with Crippen LogP contribution in [0.25, 0.3) is 0 Å². The molecule has 1 rings (SSSR count). The van der Waals surface area contributed by atoms with Crippen LogP contribution in [-0.2, 0) is 9.59 Å². The van der Waals surface area contributed by atoms with Gasteiger partial charge in [0.2, 0.25) is 5.91 Å². The van der Waals surface area contributed by atoms with Crippen molar-refractivity contribution >= 4 is 17.9 Å². The molecule has 0 saturated carbocycles. The Morgan fingerprint density at radius 2 is 2.22 bits per heavy atom. The zero-order valence-electron chi connectivity index (χ0n) is 10.5. The summed E-state index contributed by atoms with van der Waals surface area (Å²) in [5.74, 6) is -1.49. The van der Waals surface area contributed by atoms with E-state index >= 15 is 0 Å². The quantitative estimate of drug-likeness (QED) is 0.665. The smallest absolute Gasteiger partial charge is 0.328 e. The molecule has 1 saturated heterocycles. The average molecular weight is 255 g/mol. The maximum atomic E-state index is 12.1. The van der Waals surface area contributed by atoms with Gasteiger partial charge in [-0.05, 0) is 6.92 Å². The van der Waals surface area contributed by atoms with E-state index in [1.54, 1.807) is 14.0 Å². The lowest BCUT2D eigenvalue weighted by Crippen LogP contribution is -2.61. The van der Waals surface area contributed by atoms with Crippen LogP contribution < -0.4 is 5.32 Å². The van der Waals surface area contributed by atoms with Crippen LogP contribution in [0.15, 0.2) is 12.2 Å². The molecule has 0 radical (unpaired) electrons.